The maximum Gasteiger partial charge on any atom is 0.274 e. The Kier molecular flexibility index (Phi) is 4.24. The van der Waals surface area contributed by atoms with E-state index in [-0.39, 0.29) is 12.0 Å². The topological polar surface area (TPSA) is 58.2 Å². The predicted octanol–water partition coefficient (Wildman–Crippen LogP) is 2.96. The lowest BCUT2D eigenvalue weighted by Crippen LogP contribution is -2.46. The maximum atomic E-state index is 12.6. The van der Waals surface area contributed by atoms with Crippen molar-refractivity contribution in [2.45, 2.75) is 19.4 Å². The summed E-state index contributed by atoms with van der Waals surface area (Å²) >= 11 is 0. The van der Waals surface area contributed by atoms with E-state index < -0.39 is 0 Å². The highest BCUT2D eigenvalue weighted by molar-refractivity contribution is 5.92. The van der Waals surface area contributed by atoms with Gasteiger partial charge in [-0.25, -0.2) is 0 Å². The van der Waals surface area contributed by atoms with Crippen molar-refractivity contribution < 1.29 is 9.53 Å². The molecule has 1 aliphatic rings. The standard InChI is InChI=1S/C20H21N3O2/c1-14-11-19(22-21-14)20(24)23-9-10-25-17(13-23)12-16-7-4-6-15-5-2-3-8-18(15)16/h2-8,11,17H,9-10,12-13H2,1H3,(H,21,22)/t17-/m1/s1. The second-order valence-electron chi connectivity index (χ2n) is 6.52. The number of aromatic amines is 1. The molecule has 0 aliphatic carbocycles. The van der Waals surface area contributed by atoms with E-state index in [1.54, 1.807) is 6.07 Å². The van der Waals surface area contributed by atoms with Crippen molar-refractivity contribution in [3.8, 4) is 0 Å². The van der Waals surface area contributed by atoms with Gasteiger partial charge in [0.05, 0.1) is 12.7 Å². The van der Waals surface area contributed by atoms with Crippen LogP contribution in [-0.2, 0) is 11.2 Å². The SMILES string of the molecule is Cc1cc(C(=O)N2CCO[C@H](Cc3cccc4ccccc34)C2)n[nH]1. The molecule has 1 aliphatic heterocycles. The number of carbonyl (C=O) groups excluding carboxylic acids is 1. The Morgan fingerprint density at radius 2 is 2.12 bits per heavy atom. The molecular weight excluding hydrogens is 314 g/mol. The molecule has 2 heterocycles. The van der Waals surface area contributed by atoms with Crippen molar-refractivity contribution in [1.29, 1.82) is 0 Å². The summed E-state index contributed by atoms with van der Waals surface area (Å²) in [6, 6.07) is 16.5. The first-order chi connectivity index (χ1) is 12.2. The van der Waals surface area contributed by atoms with Gasteiger partial charge in [0.25, 0.3) is 5.91 Å². The van der Waals surface area contributed by atoms with Crippen LogP contribution < -0.4 is 0 Å². The monoisotopic (exact) mass is 335 g/mol. The van der Waals surface area contributed by atoms with Gasteiger partial charge in [0, 0.05) is 25.2 Å². The normalized spacial score (nSPS) is 17.8. The first-order valence-electron chi connectivity index (χ1n) is 8.60. The van der Waals surface area contributed by atoms with Crippen LogP contribution in [0.5, 0.6) is 0 Å². The number of amides is 1. The van der Waals surface area contributed by atoms with E-state index in [9.17, 15) is 4.79 Å². The summed E-state index contributed by atoms with van der Waals surface area (Å²) in [6.45, 7) is 3.65. The third-order valence-electron chi connectivity index (χ3n) is 4.68. The molecule has 5 nitrogen and oxygen atoms in total. The fourth-order valence-corrected chi connectivity index (χ4v) is 3.43. The minimum absolute atomic E-state index is 0.00328. The van der Waals surface area contributed by atoms with E-state index in [0.717, 1.165) is 12.1 Å². The van der Waals surface area contributed by atoms with Crippen LogP contribution in [0.15, 0.2) is 48.5 Å². The molecule has 0 bridgehead atoms. The molecule has 0 spiro atoms. The van der Waals surface area contributed by atoms with Gasteiger partial charge in [-0.2, -0.15) is 5.10 Å². The number of hydrogen-bond donors (Lipinski definition) is 1. The number of H-pyrrole nitrogens is 1. The number of morpholine rings is 1. The number of aryl methyl sites for hydroxylation is 1. The van der Waals surface area contributed by atoms with Crippen LogP contribution >= 0.6 is 0 Å². The molecule has 128 valence electrons. The lowest BCUT2D eigenvalue weighted by molar-refractivity contribution is -0.0208. The number of benzene rings is 2. The number of carbonyl (C=O) groups is 1. The summed E-state index contributed by atoms with van der Waals surface area (Å²) in [4.78, 5) is 14.5. The van der Waals surface area contributed by atoms with Gasteiger partial charge in [-0.05, 0) is 29.3 Å². The summed E-state index contributed by atoms with van der Waals surface area (Å²) in [6.07, 6.45) is 0.800. The lowest BCUT2D eigenvalue weighted by atomic mass is 9.99. The average molecular weight is 335 g/mol. The third kappa shape index (κ3) is 3.28. The molecule has 1 saturated heterocycles. The van der Waals surface area contributed by atoms with Crippen LogP contribution in [0.3, 0.4) is 0 Å². The molecule has 1 atom stereocenters. The van der Waals surface area contributed by atoms with Gasteiger partial charge in [0.2, 0.25) is 0 Å². The smallest absolute Gasteiger partial charge is 0.274 e. The Hall–Kier alpha value is -2.66. The van der Waals surface area contributed by atoms with E-state index in [2.05, 4.69) is 52.7 Å². The lowest BCUT2D eigenvalue weighted by Gasteiger charge is -2.32. The van der Waals surface area contributed by atoms with Crippen molar-refractivity contribution in [2.75, 3.05) is 19.7 Å². The third-order valence-corrected chi connectivity index (χ3v) is 4.68. The molecular formula is C20H21N3O2. The molecule has 25 heavy (non-hydrogen) atoms. The molecule has 3 aromatic rings. The Bertz CT molecular complexity index is 897. The number of fused-ring (bicyclic) bond motifs is 1. The molecule has 5 heteroatoms. The molecule has 0 unspecified atom stereocenters. The summed E-state index contributed by atoms with van der Waals surface area (Å²) < 4.78 is 5.93. The Balaban J connectivity index is 1.50. The second-order valence-corrected chi connectivity index (χ2v) is 6.52. The zero-order chi connectivity index (χ0) is 17.2. The molecule has 0 saturated carbocycles. The number of hydrogen-bond acceptors (Lipinski definition) is 3. The summed E-state index contributed by atoms with van der Waals surface area (Å²) in [5.74, 6) is -0.0319. The van der Waals surface area contributed by atoms with Crippen molar-refractivity contribution in [3.63, 3.8) is 0 Å². The Morgan fingerprint density at radius 1 is 1.28 bits per heavy atom. The number of nitrogens with zero attached hydrogens (tertiary/aromatic N) is 2. The van der Waals surface area contributed by atoms with Crippen LogP contribution in [-0.4, -0.2) is 46.8 Å². The second kappa shape index (κ2) is 6.69. The fourth-order valence-electron chi connectivity index (χ4n) is 3.43. The van der Waals surface area contributed by atoms with Crippen LogP contribution in [0.4, 0.5) is 0 Å². The molecule has 0 radical (unpaired) electrons. The van der Waals surface area contributed by atoms with Crippen LogP contribution in [0.1, 0.15) is 21.7 Å². The van der Waals surface area contributed by atoms with Gasteiger partial charge in [0.1, 0.15) is 5.69 Å². The first kappa shape index (κ1) is 15.8. The van der Waals surface area contributed by atoms with E-state index in [1.807, 2.05) is 11.8 Å². The van der Waals surface area contributed by atoms with E-state index in [1.165, 1.54) is 16.3 Å². The predicted molar refractivity (Wildman–Crippen MR) is 96.6 cm³/mol. The Labute approximate surface area is 146 Å². The minimum Gasteiger partial charge on any atom is -0.374 e. The highest BCUT2D eigenvalue weighted by Crippen LogP contribution is 2.22. The van der Waals surface area contributed by atoms with E-state index in [0.29, 0.717) is 25.4 Å². The minimum atomic E-state index is -0.0319. The van der Waals surface area contributed by atoms with Crippen molar-refractivity contribution in [1.82, 2.24) is 15.1 Å². The molecule has 1 amide bonds. The quantitative estimate of drug-likeness (QED) is 0.800. The van der Waals surface area contributed by atoms with Gasteiger partial charge in [0.15, 0.2) is 0 Å². The van der Waals surface area contributed by atoms with Gasteiger partial charge in [-0.1, -0.05) is 42.5 Å². The van der Waals surface area contributed by atoms with Crippen molar-refractivity contribution in [3.05, 3.63) is 65.5 Å². The van der Waals surface area contributed by atoms with E-state index in [4.69, 9.17) is 4.74 Å². The number of aromatic nitrogens is 2. The summed E-state index contributed by atoms with van der Waals surface area (Å²) in [5, 5.41) is 9.40. The Morgan fingerprint density at radius 3 is 2.96 bits per heavy atom. The van der Waals surface area contributed by atoms with Crippen LogP contribution in [0.25, 0.3) is 10.8 Å². The highest BCUT2D eigenvalue weighted by Gasteiger charge is 2.26. The van der Waals surface area contributed by atoms with Crippen LogP contribution in [0.2, 0.25) is 0 Å². The van der Waals surface area contributed by atoms with Gasteiger partial charge in [-0.15, -0.1) is 0 Å². The maximum absolute atomic E-state index is 12.6. The largest absolute Gasteiger partial charge is 0.374 e. The van der Waals surface area contributed by atoms with Gasteiger partial charge >= 0.3 is 0 Å². The summed E-state index contributed by atoms with van der Waals surface area (Å²) in [5.41, 5.74) is 2.63. The molecule has 1 aromatic heterocycles. The van der Waals surface area contributed by atoms with Crippen molar-refractivity contribution >= 4 is 16.7 Å². The van der Waals surface area contributed by atoms with Crippen LogP contribution in [0, 0.1) is 6.92 Å². The molecule has 1 N–H and O–H groups in total. The average Bonchev–Trinajstić information content (AvgIpc) is 3.08. The van der Waals surface area contributed by atoms with E-state index >= 15 is 0 Å². The number of nitrogens with one attached hydrogen (secondary N) is 1. The number of ether oxygens (including phenoxy) is 1. The highest BCUT2D eigenvalue weighted by atomic mass is 16.5. The van der Waals surface area contributed by atoms with Gasteiger partial charge in [-0.3, -0.25) is 9.89 Å². The number of rotatable bonds is 3. The summed E-state index contributed by atoms with van der Waals surface area (Å²) in [7, 11) is 0. The molecule has 1 fully saturated rings. The molecule has 4 rings (SSSR count). The zero-order valence-corrected chi connectivity index (χ0v) is 14.2. The fraction of sp³-hybridized carbons (Fsp3) is 0.300. The molecule has 2 aromatic carbocycles. The van der Waals surface area contributed by atoms with Crippen molar-refractivity contribution in [2.24, 2.45) is 0 Å². The zero-order valence-electron chi connectivity index (χ0n) is 14.2. The first-order valence-corrected chi connectivity index (χ1v) is 8.60. The van der Waals surface area contributed by atoms with Gasteiger partial charge < -0.3 is 9.64 Å².